The molecule has 15 heavy (non-hydrogen) atoms. The van der Waals surface area contributed by atoms with Gasteiger partial charge < -0.3 is 10.2 Å². The van der Waals surface area contributed by atoms with Crippen molar-refractivity contribution >= 4 is 5.69 Å². The fraction of sp³-hybridized carbons (Fsp3) is 0.500. The largest absolute Gasteiger partial charge is 0.370 e. The van der Waals surface area contributed by atoms with Crippen molar-refractivity contribution in [2.45, 2.75) is 18.9 Å². The van der Waals surface area contributed by atoms with E-state index < -0.39 is 0 Å². The maximum absolute atomic E-state index is 13.1. The van der Waals surface area contributed by atoms with Crippen molar-refractivity contribution in [2.75, 3.05) is 25.0 Å². The summed E-state index contributed by atoms with van der Waals surface area (Å²) in [7, 11) is 1.98. The second kappa shape index (κ2) is 3.81. The lowest BCUT2D eigenvalue weighted by Gasteiger charge is -2.25. The van der Waals surface area contributed by atoms with Crippen LogP contribution in [-0.4, -0.2) is 25.7 Å². The molecule has 1 fully saturated rings. The molecule has 0 aliphatic carbocycles. The highest BCUT2D eigenvalue weighted by Crippen LogP contribution is 2.26. The van der Waals surface area contributed by atoms with E-state index in [-0.39, 0.29) is 11.4 Å². The molecule has 1 aromatic rings. The molecule has 1 saturated heterocycles. The zero-order chi connectivity index (χ0) is 10.9. The average Bonchev–Trinajstić information content (AvgIpc) is 2.62. The topological polar surface area (TPSA) is 15.3 Å². The lowest BCUT2D eigenvalue weighted by molar-refractivity contribution is 0.428. The molecule has 1 aliphatic rings. The Balaban J connectivity index is 2.14. The van der Waals surface area contributed by atoms with Gasteiger partial charge in [-0.2, -0.15) is 0 Å². The van der Waals surface area contributed by atoms with Crippen LogP contribution in [0.4, 0.5) is 10.1 Å². The minimum atomic E-state index is -0.162. The van der Waals surface area contributed by atoms with E-state index in [1.807, 2.05) is 13.1 Å². The number of anilines is 1. The van der Waals surface area contributed by atoms with E-state index in [2.05, 4.69) is 17.1 Å². The van der Waals surface area contributed by atoms with Crippen LogP contribution in [0.25, 0.3) is 0 Å². The second-order valence-electron chi connectivity index (χ2n) is 4.46. The van der Waals surface area contributed by atoms with Gasteiger partial charge in [-0.05, 0) is 38.6 Å². The molecule has 2 nitrogen and oxygen atoms in total. The molecule has 1 atom stereocenters. The van der Waals surface area contributed by atoms with Crippen molar-refractivity contribution in [3.63, 3.8) is 0 Å². The highest BCUT2D eigenvalue weighted by atomic mass is 19.1. The summed E-state index contributed by atoms with van der Waals surface area (Å²) < 4.78 is 13.1. The molecule has 3 heteroatoms. The van der Waals surface area contributed by atoms with Gasteiger partial charge in [-0.15, -0.1) is 0 Å². The fourth-order valence-corrected chi connectivity index (χ4v) is 2.06. The molecule has 1 aliphatic heterocycles. The van der Waals surface area contributed by atoms with Gasteiger partial charge in [0.05, 0.1) is 0 Å². The predicted molar refractivity (Wildman–Crippen MR) is 60.7 cm³/mol. The number of nitrogens with one attached hydrogen (secondary N) is 1. The smallest absolute Gasteiger partial charge is 0.125 e. The number of rotatable bonds is 2. The third-order valence-corrected chi connectivity index (χ3v) is 3.25. The van der Waals surface area contributed by atoms with Crippen LogP contribution in [0, 0.1) is 5.82 Å². The van der Waals surface area contributed by atoms with Gasteiger partial charge in [0.25, 0.3) is 0 Å². The summed E-state index contributed by atoms with van der Waals surface area (Å²) >= 11 is 0. The number of hydrogen-bond acceptors (Lipinski definition) is 2. The third kappa shape index (κ3) is 2.12. The van der Waals surface area contributed by atoms with E-state index in [1.54, 1.807) is 12.1 Å². The van der Waals surface area contributed by atoms with Crippen molar-refractivity contribution < 1.29 is 4.39 Å². The van der Waals surface area contributed by atoms with E-state index in [0.717, 1.165) is 25.2 Å². The number of halogens is 1. The zero-order valence-electron chi connectivity index (χ0n) is 9.26. The van der Waals surface area contributed by atoms with Crippen molar-refractivity contribution in [1.82, 2.24) is 5.32 Å². The summed E-state index contributed by atoms with van der Waals surface area (Å²) in [5.41, 5.74) is 1.14. The predicted octanol–water partition coefficient (Wildman–Crippen LogP) is 2.01. The summed E-state index contributed by atoms with van der Waals surface area (Å²) in [5.74, 6) is -0.162. The maximum Gasteiger partial charge on any atom is 0.125 e. The Morgan fingerprint density at radius 2 is 2.27 bits per heavy atom. The lowest BCUT2D eigenvalue weighted by atomic mass is 10.0. The monoisotopic (exact) mass is 208 g/mol. The first-order chi connectivity index (χ1) is 7.13. The molecule has 1 heterocycles. The van der Waals surface area contributed by atoms with Gasteiger partial charge in [0.2, 0.25) is 0 Å². The van der Waals surface area contributed by atoms with Crippen molar-refractivity contribution in [3.05, 3.63) is 30.1 Å². The Labute approximate surface area is 90.1 Å². The molecule has 1 unspecified atom stereocenters. The van der Waals surface area contributed by atoms with Crippen LogP contribution < -0.4 is 10.2 Å². The maximum atomic E-state index is 13.1. The van der Waals surface area contributed by atoms with Gasteiger partial charge >= 0.3 is 0 Å². The molecule has 0 amide bonds. The van der Waals surface area contributed by atoms with Crippen molar-refractivity contribution in [2.24, 2.45) is 0 Å². The molecule has 0 aromatic heterocycles. The van der Waals surface area contributed by atoms with Gasteiger partial charge in [0.1, 0.15) is 5.82 Å². The van der Waals surface area contributed by atoms with Crippen LogP contribution in [0.1, 0.15) is 13.3 Å². The first-order valence-corrected chi connectivity index (χ1v) is 5.32. The zero-order valence-corrected chi connectivity index (χ0v) is 9.26. The van der Waals surface area contributed by atoms with Crippen molar-refractivity contribution in [1.29, 1.82) is 0 Å². The lowest BCUT2D eigenvalue weighted by Crippen LogP contribution is -2.42. The van der Waals surface area contributed by atoms with Gasteiger partial charge in [-0.1, -0.05) is 6.07 Å². The van der Waals surface area contributed by atoms with Gasteiger partial charge in [0.15, 0.2) is 0 Å². The quantitative estimate of drug-likeness (QED) is 0.800. The fourth-order valence-electron chi connectivity index (χ4n) is 2.06. The first kappa shape index (κ1) is 10.4. The highest BCUT2D eigenvalue weighted by molar-refractivity contribution is 5.48. The van der Waals surface area contributed by atoms with Gasteiger partial charge in [-0.25, -0.2) is 4.39 Å². The van der Waals surface area contributed by atoms with Gasteiger partial charge in [0, 0.05) is 24.3 Å². The Morgan fingerprint density at radius 1 is 1.47 bits per heavy atom. The summed E-state index contributed by atoms with van der Waals surface area (Å²) in [6, 6.07) is 6.81. The minimum absolute atomic E-state index is 0.159. The second-order valence-corrected chi connectivity index (χ2v) is 4.46. The standard InChI is InChI=1S/C12H17FN2/c1-12(14-2)6-7-15(9-12)11-5-3-4-10(13)8-11/h3-5,8,14H,6-7,9H2,1-2H3. The molecular formula is C12H17FN2. The van der Waals surface area contributed by atoms with E-state index in [1.165, 1.54) is 6.07 Å². The third-order valence-electron chi connectivity index (χ3n) is 3.25. The molecular weight excluding hydrogens is 191 g/mol. The van der Waals surface area contributed by atoms with Crippen LogP contribution in [0.3, 0.4) is 0 Å². The SMILES string of the molecule is CNC1(C)CCN(c2cccc(F)c2)C1. The van der Waals surface area contributed by atoms with Crippen molar-refractivity contribution in [3.8, 4) is 0 Å². The number of benzene rings is 1. The normalized spacial score (nSPS) is 25.9. The van der Waals surface area contributed by atoms with Crippen LogP contribution in [-0.2, 0) is 0 Å². The number of likely N-dealkylation sites (N-methyl/N-ethyl adjacent to an activating group) is 1. The van der Waals surface area contributed by atoms with E-state index >= 15 is 0 Å². The highest BCUT2D eigenvalue weighted by Gasteiger charge is 2.32. The molecule has 2 rings (SSSR count). The molecule has 0 saturated carbocycles. The van der Waals surface area contributed by atoms with Crippen LogP contribution >= 0.6 is 0 Å². The Morgan fingerprint density at radius 3 is 2.87 bits per heavy atom. The Bertz CT molecular complexity index is 353. The Kier molecular flexibility index (Phi) is 2.65. The summed E-state index contributed by atoms with van der Waals surface area (Å²) in [5, 5.41) is 3.32. The molecule has 0 radical (unpaired) electrons. The van der Waals surface area contributed by atoms with Crippen LogP contribution in [0.5, 0.6) is 0 Å². The summed E-state index contributed by atoms with van der Waals surface area (Å²) in [6.07, 6.45) is 1.10. The van der Waals surface area contributed by atoms with Gasteiger partial charge in [-0.3, -0.25) is 0 Å². The molecule has 0 spiro atoms. The molecule has 82 valence electrons. The van der Waals surface area contributed by atoms with E-state index in [4.69, 9.17) is 0 Å². The number of hydrogen-bond donors (Lipinski definition) is 1. The molecule has 0 bridgehead atoms. The van der Waals surface area contributed by atoms with Crippen LogP contribution in [0.2, 0.25) is 0 Å². The summed E-state index contributed by atoms with van der Waals surface area (Å²) in [4.78, 5) is 2.22. The van der Waals surface area contributed by atoms with Crippen LogP contribution in [0.15, 0.2) is 24.3 Å². The Hall–Kier alpha value is -1.09. The molecule has 1 aromatic carbocycles. The minimum Gasteiger partial charge on any atom is -0.370 e. The van der Waals surface area contributed by atoms with E-state index in [9.17, 15) is 4.39 Å². The number of nitrogens with zero attached hydrogens (tertiary/aromatic N) is 1. The first-order valence-electron chi connectivity index (χ1n) is 5.32. The summed E-state index contributed by atoms with van der Waals surface area (Å²) in [6.45, 7) is 4.13. The average molecular weight is 208 g/mol. The molecule has 1 N–H and O–H groups in total. The van der Waals surface area contributed by atoms with E-state index in [0.29, 0.717) is 0 Å².